The van der Waals surface area contributed by atoms with Crippen LogP contribution < -0.4 is 21.5 Å². The van der Waals surface area contributed by atoms with Gasteiger partial charge in [-0.05, 0) is 47.5 Å². The summed E-state index contributed by atoms with van der Waals surface area (Å²) in [5.41, 5.74) is 8.86. The van der Waals surface area contributed by atoms with Crippen molar-refractivity contribution in [2.24, 2.45) is 0 Å². The third-order valence-corrected chi connectivity index (χ3v) is 5.23. The Morgan fingerprint density at radius 1 is 1.10 bits per heavy atom. The third-order valence-electron chi connectivity index (χ3n) is 5.23. The van der Waals surface area contributed by atoms with Crippen LogP contribution in [0, 0.1) is 0 Å². The summed E-state index contributed by atoms with van der Waals surface area (Å²) in [4.78, 5) is 26.6. The fourth-order valence-corrected chi connectivity index (χ4v) is 3.72. The van der Waals surface area contributed by atoms with E-state index in [-0.39, 0.29) is 29.8 Å². The number of carbonyl (C=O) groups excluding carboxylic acids is 2. The molecule has 0 saturated heterocycles. The van der Waals surface area contributed by atoms with Gasteiger partial charge in [0.1, 0.15) is 17.6 Å². The number of hydrogen-bond donors (Lipinski definition) is 5. The van der Waals surface area contributed by atoms with Gasteiger partial charge in [0.25, 0.3) is 11.8 Å². The van der Waals surface area contributed by atoms with Crippen molar-refractivity contribution in [3.8, 4) is 5.75 Å². The van der Waals surface area contributed by atoms with Gasteiger partial charge in [-0.3, -0.25) is 15.0 Å². The summed E-state index contributed by atoms with van der Waals surface area (Å²) in [6.45, 7) is 0. The average molecular weight is 401 g/mol. The molecule has 0 bridgehead atoms. The van der Waals surface area contributed by atoms with Crippen molar-refractivity contribution < 1.29 is 14.7 Å². The van der Waals surface area contributed by atoms with Crippen molar-refractivity contribution in [2.45, 2.75) is 12.2 Å². The lowest BCUT2D eigenvalue weighted by atomic mass is 9.93. The third kappa shape index (κ3) is 3.19. The summed E-state index contributed by atoms with van der Waals surface area (Å²) in [5, 5.41) is 15.7. The lowest BCUT2D eigenvalue weighted by molar-refractivity contribution is -0.113. The van der Waals surface area contributed by atoms with Crippen LogP contribution >= 0.6 is 0 Å². The number of hydrogen-bond acceptors (Lipinski definition) is 6. The Morgan fingerprint density at radius 2 is 1.93 bits per heavy atom. The predicted octanol–water partition coefficient (Wildman–Crippen LogP) is 1.82. The molecule has 0 spiro atoms. The Balaban J connectivity index is 1.32. The van der Waals surface area contributed by atoms with Gasteiger partial charge in [-0.15, -0.1) is 0 Å². The first-order chi connectivity index (χ1) is 14.6. The van der Waals surface area contributed by atoms with Gasteiger partial charge in [0.05, 0.1) is 6.04 Å². The zero-order valence-electron chi connectivity index (χ0n) is 15.8. The topological polar surface area (TPSA) is 106 Å². The Kier molecular flexibility index (Phi) is 4.26. The van der Waals surface area contributed by atoms with Gasteiger partial charge in [-0.25, -0.2) is 5.43 Å². The summed E-state index contributed by atoms with van der Waals surface area (Å²) in [6, 6.07) is 11.9. The van der Waals surface area contributed by atoms with E-state index in [0.717, 1.165) is 11.1 Å². The van der Waals surface area contributed by atoms with Crippen LogP contribution in [0.5, 0.6) is 5.75 Å². The van der Waals surface area contributed by atoms with Gasteiger partial charge >= 0.3 is 0 Å². The fourth-order valence-electron chi connectivity index (χ4n) is 3.72. The molecule has 0 radical (unpaired) electrons. The average Bonchev–Trinajstić information content (AvgIpc) is 3.20. The maximum Gasteiger partial charge on any atom is 0.273 e. The number of amides is 2. The number of aromatic hydroxyl groups is 1. The summed E-state index contributed by atoms with van der Waals surface area (Å²) in [6.07, 6.45) is 9.46. The first kappa shape index (κ1) is 18.0. The Labute approximate surface area is 172 Å². The summed E-state index contributed by atoms with van der Waals surface area (Å²) < 4.78 is 0. The number of phenolic OH excluding ortho intramolecular Hbond substituents is 1. The van der Waals surface area contributed by atoms with Crippen LogP contribution in [-0.4, -0.2) is 28.0 Å². The molecule has 2 amide bonds. The van der Waals surface area contributed by atoms with Crippen molar-refractivity contribution >= 4 is 17.5 Å². The molecular formula is C22H19N5O3. The van der Waals surface area contributed by atoms with E-state index in [1.165, 1.54) is 6.07 Å². The lowest BCUT2D eigenvalue weighted by Crippen LogP contribution is -2.45. The molecule has 5 N–H and O–H groups in total. The smallest absolute Gasteiger partial charge is 0.273 e. The minimum absolute atomic E-state index is 0.0368. The Bertz CT molecular complexity index is 1120. The largest absolute Gasteiger partial charge is 0.508 e. The molecule has 8 nitrogen and oxygen atoms in total. The normalized spacial score (nSPS) is 21.3. The van der Waals surface area contributed by atoms with E-state index in [4.69, 9.17) is 0 Å². The van der Waals surface area contributed by atoms with E-state index in [0.29, 0.717) is 16.9 Å². The molecule has 8 heteroatoms. The van der Waals surface area contributed by atoms with Gasteiger partial charge in [-0.2, -0.15) is 0 Å². The molecule has 2 aromatic rings. The zero-order valence-corrected chi connectivity index (χ0v) is 15.8. The molecule has 3 heterocycles. The highest BCUT2D eigenvalue weighted by Gasteiger charge is 2.27. The molecule has 3 aliphatic rings. The van der Waals surface area contributed by atoms with Crippen LogP contribution in [0.15, 0.2) is 78.8 Å². The number of benzene rings is 2. The van der Waals surface area contributed by atoms with Crippen LogP contribution in [0.2, 0.25) is 0 Å². The molecule has 150 valence electrons. The standard InChI is InChI=1S/C22H19N5O3/c28-15-8-9-16-17(11-15)21(29)26-25-20(16)13-4-6-14(7-5-13)23-22(30)18-12-27-10-2-1-3-19(27)24-18/h1-12,19-20,24-25,28H,(H,23,30)(H,26,29). The highest BCUT2D eigenvalue weighted by molar-refractivity contribution is 6.03. The first-order valence-corrected chi connectivity index (χ1v) is 9.49. The molecule has 30 heavy (non-hydrogen) atoms. The minimum Gasteiger partial charge on any atom is -0.508 e. The van der Waals surface area contributed by atoms with E-state index in [1.807, 2.05) is 53.6 Å². The predicted molar refractivity (Wildman–Crippen MR) is 111 cm³/mol. The molecule has 0 aromatic heterocycles. The van der Waals surface area contributed by atoms with Gasteiger partial charge in [0.15, 0.2) is 0 Å². The number of fused-ring (bicyclic) bond motifs is 2. The van der Waals surface area contributed by atoms with Crippen molar-refractivity contribution in [3.63, 3.8) is 0 Å². The number of rotatable bonds is 3. The van der Waals surface area contributed by atoms with Crippen LogP contribution in [-0.2, 0) is 4.79 Å². The zero-order chi connectivity index (χ0) is 20.7. The minimum atomic E-state index is -0.292. The van der Waals surface area contributed by atoms with Crippen molar-refractivity contribution in [1.29, 1.82) is 0 Å². The van der Waals surface area contributed by atoms with E-state index in [9.17, 15) is 14.7 Å². The van der Waals surface area contributed by atoms with E-state index in [1.54, 1.807) is 18.3 Å². The summed E-state index contributed by atoms with van der Waals surface area (Å²) in [5.74, 6) is -0.471. The van der Waals surface area contributed by atoms with Crippen LogP contribution in [0.25, 0.3) is 0 Å². The number of anilines is 1. The molecule has 0 aliphatic carbocycles. The maximum absolute atomic E-state index is 12.6. The van der Waals surface area contributed by atoms with Gasteiger partial charge in [-0.1, -0.05) is 24.3 Å². The van der Waals surface area contributed by atoms with Crippen LogP contribution in [0.4, 0.5) is 5.69 Å². The van der Waals surface area contributed by atoms with E-state index >= 15 is 0 Å². The van der Waals surface area contributed by atoms with Gasteiger partial charge in [0, 0.05) is 23.7 Å². The maximum atomic E-state index is 12.6. The second-order valence-corrected chi connectivity index (χ2v) is 7.18. The summed E-state index contributed by atoms with van der Waals surface area (Å²) in [7, 11) is 0. The molecule has 2 atom stereocenters. The lowest BCUT2D eigenvalue weighted by Gasteiger charge is -2.27. The van der Waals surface area contributed by atoms with E-state index in [2.05, 4.69) is 21.5 Å². The van der Waals surface area contributed by atoms with Crippen LogP contribution in [0.1, 0.15) is 27.5 Å². The van der Waals surface area contributed by atoms with Gasteiger partial charge in [0.2, 0.25) is 0 Å². The number of allylic oxidation sites excluding steroid dienone is 2. The summed E-state index contributed by atoms with van der Waals surface area (Å²) >= 11 is 0. The quantitative estimate of drug-likeness (QED) is 0.537. The molecule has 2 unspecified atom stereocenters. The number of phenols is 1. The highest BCUT2D eigenvalue weighted by Crippen LogP contribution is 2.30. The first-order valence-electron chi connectivity index (χ1n) is 9.49. The second kappa shape index (κ2) is 7.09. The van der Waals surface area contributed by atoms with Gasteiger partial charge < -0.3 is 20.6 Å². The Morgan fingerprint density at radius 3 is 2.73 bits per heavy atom. The molecule has 0 fully saturated rings. The monoisotopic (exact) mass is 401 g/mol. The SMILES string of the molecule is O=C(Nc1ccc(C2NNC(=O)c3cc(O)ccc32)cc1)C1=CN2C=CC=CC2N1. The second-order valence-electron chi connectivity index (χ2n) is 7.18. The van der Waals surface area contributed by atoms with Crippen LogP contribution in [0.3, 0.4) is 0 Å². The number of hydrazine groups is 1. The van der Waals surface area contributed by atoms with Crippen molar-refractivity contribution in [3.05, 3.63) is 95.5 Å². The van der Waals surface area contributed by atoms with E-state index < -0.39 is 0 Å². The number of nitrogens with one attached hydrogen (secondary N) is 4. The molecule has 5 rings (SSSR count). The fraction of sp³-hybridized carbons (Fsp3) is 0.0909. The molecule has 0 saturated carbocycles. The molecular weight excluding hydrogens is 382 g/mol. The van der Waals surface area contributed by atoms with Crippen molar-refractivity contribution in [2.75, 3.05) is 5.32 Å². The molecule has 3 aliphatic heterocycles. The number of nitrogens with zero attached hydrogens (tertiary/aromatic N) is 1. The van der Waals surface area contributed by atoms with Crippen molar-refractivity contribution in [1.82, 2.24) is 21.1 Å². The molecule has 2 aromatic carbocycles. The Hall–Kier alpha value is -4.04. The number of carbonyl (C=O) groups is 2. The highest BCUT2D eigenvalue weighted by atomic mass is 16.3.